The van der Waals surface area contributed by atoms with Crippen molar-refractivity contribution in [2.75, 3.05) is 37.0 Å². The Morgan fingerprint density at radius 3 is 3.00 bits per heavy atom. The molecular formula is C12H23N3S2. The lowest BCUT2D eigenvalue weighted by Gasteiger charge is -2.15. The molecule has 0 saturated carbocycles. The Bertz CT molecular complexity index is 314. The van der Waals surface area contributed by atoms with E-state index < -0.39 is 0 Å². The normalized spacial score (nSPS) is 12.7. The Morgan fingerprint density at radius 2 is 2.35 bits per heavy atom. The lowest BCUT2D eigenvalue weighted by molar-refractivity contribution is 0.586. The van der Waals surface area contributed by atoms with Gasteiger partial charge in [0, 0.05) is 25.0 Å². The molecule has 0 radical (unpaired) electrons. The summed E-state index contributed by atoms with van der Waals surface area (Å²) in [4.78, 5) is 6.94. The minimum atomic E-state index is 0.351. The zero-order valence-electron chi connectivity index (χ0n) is 11.2. The van der Waals surface area contributed by atoms with Gasteiger partial charge in [0.05, 0.1) is 5.69 Å². The third-order valence-electron chi connectivity index (χ3n) is 2.63. The molecule has 98 valence electrons. The summed E-state index contributed by atoms with van der Waals surface area (Å²) >= 11 is 3.64. The average Bonchev–Trinajstić information content (AvgIpc) is 2.79. The second-order valence-corrected chi connectivity index (χ2v) is 5.92. The van der Waals surface area contributed by atoms with Gasteiger partial charge in [-0.1, -0.05) is 6.92 Å². The molecule has 0 amide bonds. The van der Waals surface area contributed by atoms with Gasteiger partial charge >= 0.3 is 0 Å². The molecule has 1 heterocycles. The van der Waals surface area contributed by atoms with E-state index in [2.05, 4.69) is 47.7 Å². The lowest BCUT2D eigenvalue weighted by atomic mass is 10.3. The highest BCUT2D eigenvalue weighted by Gasteiger charge is 2.11. The van der Waals surface area contributed by atoms with Crippen LogP contribution in [0.3, 0.4) is 0 Å². The summed E-state index contributed by atoms with van der Waals surface area (Å²) in [5.74, 6) is 1.22. The maximum absolute atomic E-state index is 4.68. The molecule has 1 aromatic rings. The smallest absolute Gasteiger partial charge is 0.185 e. The molecule has 5 heteroatoms. The van der Waals surface area contributed by atoms with Gasteiger partial charge in [0.25, 0.3) is 0 Å². The minimum absolute atomic E-state index is 0.351. The van der Waals surface area contributed by atoms with Crippen molar-refractivity contribution in [3.8, 4) is 0 Å². The molecular weight excluding hydrogens is 250 g/mol. The molecule has 3 nitrogen and oxygen atoms in total. The second kappa shape index (κ2) is 7.95. The fourth-order valence-electron chi connectivity index (χ4n) is 1.60. The zero-order chi connectivity index (χ0) is 12.7. The largest absolute Gasteiger partial charge is 0.351 e. The highest BCUT2D eigenvalue weighted by atomic mass is 32.2. The number of anilines is 1. The van der Waals surface area contributed by atoms with Crippen LogP contribution < -0.4 is 10.2 Å². The summed E-state index contributed by atoms with van der Waals surface area (Å²) in [5.41, 5.74) is 1.16. The van der Waals surface area contributed by atoms with Crippen LogP contribution in [0.25, 0.3) is 0 Å². The van der Waals surface area contributed by atoms with Gasteiger partial charge in [-0.2, -0.15) is 11.8 Å². The van der Waals surface area contributed by atoms with Crippen LogP contribution >= 0.6 is 23.1 Å². The summed E-state index contributed by atoms with van der Waals surface area (Å²) in [5, 5.41) is 6.68. The third kappa shape index (κ3) is 4.85. The van der Waals surface area contributed by atoms with Crippen LogP contribution in [0.1, 0.15) is 32.0 Å². The van der Waals surface area contributed by atoms with Gasteiger partial charge < -0.3 is 10.2 Å². The van der Waals surface area contributed by atoms with Gasteiger partial charge in [0.15, 0.2) is 5.13 Å². The Morgan fingerprint density at radius 1 is 1.59 bits per heavy atom. The van der Waals surface area contributed by atoms with Crippen molar-refractivity contribution in [3.63, 3.8) is 0 Å². The molecule has 0 aliphatic rings. The summed E-state index contributed by atoms with van der Waals surface area (Å²) in [6.07, 6.45) is 3.37. The molecule has 0 saturated heterocycles. The third-order valence-corrected chi connectivity index (χ3v) is 4.30. The molecule has 0 spiro atoms. The molecule has 1 aromatic heterocycles. The minimum Gasteiger partial charge on any atom is -0.351 e. The molecule has 1 atom stereocenters. The van der Waals surface area contributed by atoms with E-state index in [1.54, 1.807) is 11.3 Å². The number of hydrogen-bond acceptors (Lipinski definition) is 5. The zero-order valence-corrected chi connectivity index (χ0v) is 12.8. The molecule has 17 heavy (non-hydrogen) atoms. The highest BCUT2D eigenvalue weighted by Crippen LogP contribution is 2.23. The van der Waals surface area contributed by atoms with Crippen molar-refractivity contribution in [1.82, 2.24) is 10.3 Å². The Kier molecular flexibility index (Phi) is 6.92. The maximum Gasteiger partial charge on any atom is 0.185 e. The number of aromatic nitrogens is 1. The molecule has 0 bridgehead atoms. The molecule has 0 aromatic carbocycles. The van der Waals surface area contributed by atoms with Crippen LogP contribution in [0, 0.1) is 0 Å². The van der Waals surface area contributed by atoms with Crippen LogP contribution in [-0.4, -0.2) is 37.1 Å². The SMILES string of the molecule is CCNC(C)c1csc(N(C)CCCSC)n1. The number of thiazole rings is 1. The number of hydrogen-bond donors (Lipinski definition) is 1. The Balaban J connectivity index is 2.48. The van der Waals surface area contributed by atoms with Crippen molar-refractivity contribution < 1.29 is 0 Å². The summed E-state index contributed by atoms with van der Waals surface area (Å²) in [6.45, 7) is 6.36. The molecule has 0 fully saturated rings. The first-order chi connectivity index (χ1) is 8.19. The van der Waals surface area contributed by atoms with Gasteiger partial charge in [-0.05, 0) is 31.9 Å². The monoisotopic (exact) mass is 273 g/mol. The van der Waals surface area contributed by atoms with Crippen molar-refractivity contribution >= 4 is 28.2 Å². The predicted molar refractivity (Wildman–Crippen MR) is 80.5 cm³/mol. The number of nitrogens with one attached hydrogen (secondary N) is 1. The first-order valence-corrected chi connectivity index (χ1v) is 8.35. The number of thioether (sulfide) groups is 1. The standard InChI is InChI=1S/C12H23N3S2/c1-5-13-10(2)11-9-17-12(14-11)15(3)7-6-8-16-4/h9-10,13H,5-8H2,1-4H3. The molecule has 1 unspecified atom stereocenters. The summed E-state index contributed by atoms with van der Waals surface area (Å²) in [6, 6.07) is 0.351. The van der Waals surface area contributed by atoms with Gasteiger partial charge in [-0.25, -0.2) is 4.98 Å². The molecule has 0 aliphatic heterocycles. The quantitative estimate of drug-likeness (QED) is 0.737. The van der Waals surface area contributed by atoms with Gasteiger partial charge in [0.1, 0.15) is 0 Å². The Labute approximate surface area is 113 Å². The van der Waals surface area contributed by atoms with Crippen LogP contribution in [0.4, 0.5) is 5.13 Å². The predicted octanol–water partition coefficient (Wildman–Crippen LogP) is 3.00. The topological polar surface area (TPSA) is 28.2 Å². The number of rotatable bonds is 8. The lowest BCUT2D eigenvalue weighted by Crippen LogP contribution is -2.20. The second-order valence-electron chi connectivity index (χ2n) is 4.10. The summed E-state index contributed by atoms with van der Waals surface area (Å²) < 4.78 is 0. The van der Waals surface area contributed by atoms with Crippen LogP contribution in [-0.2, 0) is 0 Å². The fourth-order valence-corrected chi connectivity index (χ4v) is 2.93. The number of nitrogens with zero attached hydrogens (tertiary/aromatic N) is 2. The van der Waals surface area contributed by atoms with Gasteiger partial charge in [0.2, 0.25) is 0 Å². The van der Waals surface area contributed by atoms with Crippen LogP contribution in [0.5, 0.6) is 0 Å². The van der Waals surface area contributed by atoms with Crippen LogP contribution in [0.2, 0.25) is 0 Å². The van der Waals surface area contributed by atoms with Gasteiger partial charge in [-0.3, -0.25) is 0 Å². The van der Waals surface area contributed by atoms with E-state index >= 15 is 0 Å². The van der Waals surface area contributed by atoms with E-state index in [0.29, 0.717) is 6.04 Å². The molecule has 0 aliphatic carbocycles. The first kappa shape index (κ1) is 14.8. The van der Waals surface area contributed by atoms with E-state index in [-0.39, 0.29) is 0 Å². The van der Waals surface area contributed by atoms with Gasteiger partial charge in [-0.15, -0.1) is 11.3 Å². The highest BCUT2D eigenvalue weighted by molar-refractivity contribution is 7.98. The first-order valence-electron chi connectivity index (χ1n) is 6.08. The van der Waals surface area contributed by atoms with E-state index in [0.717, 1.165) is 23.9 Å². The van der Waals surface area contributed by atoms with E-state index in [4.69, 9.17) is 0 Å². The van der Waals surface area contributed by atoms with E-state index in [9.17, 15) is 0 Å². The van der Waals surface area contributed by atoms with Crippen LogP contribution in [0.15, 0.2) is 5.38 Å². The average molecular weight is 273 g/mol. The Hall–Kier alpha value is -0.260. The summed E-state index contributed by atoms with van der Waals surface area (Å²) in [7, 11) is 2.13. The van der Waals surface area contributed by atoms with Crippen molar-refractivity contribution in [1.29, 1.82) is 0 Å². The molecule has 1 rings (SSSR count). The van der Waals surface area contributed by atoms with Crippen molar-refractivity contribution in [3.05, 3.63) is 11.1 Å². The van der Waals surface area contributed by atoms with Crippen molar-refractivity contribution in [2.45, 2.75) is 26.3 Å². The van der Waals surface area contributed by atoms with E-state index in [1.807, 2.05) is 11.8 Å². The maximum atomic E-state index is 4.68. The van der Waals surface area contributed by atoms with E-state index in [1.165, 1.54) is 12.2 Å². The molecule has 1 N–H and O–H groups in total. The van der Waals surface area contributed by atoms with Crippen molar-refractivity contribution in [2.24, 2.45) is 0 Å². The fraction of sp³-hybridized carbons (Fsp3) is 0.750.